The number of benzene rings is 14. The first-order chi connectivity index (χ1) is 52.1. The van der Waals surface area contributed by atoms with Gasteiger partial charge in [-0.15, -0.1) is 0 Å². The topological polar surface area (TPSA) is 19.4 Å². The Morgan fingerprint density at radius 2 is 0.321 bits per heavy atom. The average molecular weight is 1380 g/mol. The molecule has 0 aliphatic heterocycles. The van der Waals surface area contributed by atoms with Crippen molar-refractivity contribution in [1.82, 2.24) is 0 Å². The van der Waals surface area contributed by atoms with Crippen LogP contribution >= 0.6 is 0 Å². The van der Waals surface area contributed by atoms with Gasteiger partial charge in [0, 0.05) is 109 Å². The summed E-state index contributed by atoms with van der Waals surface area (Å²) in [6, 6.07) is 108. The summed E-state index contributed by atoms with van der Waals surface area (Å²) in [7, 11) is 0. The predicted molar refractivity (Wildman–Crippen MR) is 466 cm³/mol. The molecule has 0 saturated carbocycles. The normalized spacial score (nSPS) is 11.7. The van der Waals surface area contributed by atoms with E-state index in [1.807, 2.05) is 0 Å². The van der Waals surface area contributed by atoms with E-state index >= 15 is 0 Å². The van der Waals surface area contributed by atoms with Crippen LogP contribution in [0.4, 0.5) is 56.9 Å². The Bertz CT molecular complexity index is 4690. The summed E-state index contributed by atoms with van der Waals surface area (Å²) in [6.45, 7) is 25.6. The van der Waals surface area contributed by atoms with Crippen molar-refractivity contribution in [2.75, 3.05) is 81.8 Å². The van der Waals surface area contributed by atoms with E-state index in [0.717, 1.165) is 109 Å². The van der Waals surface area contributed by atoms with Crippen molar-refractivity contribution in [2.24, 2.45) is 0 Å². The maximum absolute atomic E-state index is 2.38. The van der Waals surface area contributed by atoms with Crippen LogP contribution < -0.4 is 29.4 Å². The van der Waals surface area contributed by atoms with Gasteiger partial charge in [0.1, 0.15) is 0 Å². The van der Waals surface area contributed by atoms with Gasteiger partial charge in [0.25, 0.3) is 0 Å². The number of nitrogens with zero attached hydrogens (tertiary/aromatic N) is 6. The molecule has 0 heterocycles. The van der Waals surface area contributed by atoms with Gasteiger partial charge in [-0.25, -0.2) is 0 Å². The summed E-state index contributed by atoms with van der Waals surface area (Å²) < 4.78 is 0. The Labute approximate surface area is 629 Å². The molecule has 0 radical (unpaired) electrons. The van der Waals surface area contributed by atoms with Crippen molar-refractivity contribution >= 4 is 138 Å². The van der Waals surface area contributed by atoms with Gasteiger partial charge >= 0.3 is 0 Å². The Morgan fingerprint density at radius 1 is 0.170 bits per heavy atom. The molecule has 526 valence electrons. The van der Waals surface area contributed by atoms with Crippen LogP contribution in [-0.2, 0) is 0 Å². The van der Waals surface area contributed by atoms with E-state index in [0.29, 0.717) is 0 Å². The molecule has 14 rings (SSSR count). The first-order valence-corrected chi connectivity index (χ1v) is 38.2. The van der Waals surface area contributed by atoms with Gasteiger partial charge in [-0.05, 0) is 300 Å². The van der Waals surface area contributed by atoms with Gasteiger partial charge < -0.3 is 29.4 Å². The zero-order valence-electron chi connectivity index (χ0n) is 62.7. The lowest BCUT2D eigenvalue weighted by Gasteiger charge is -2.26. The molecule has 0 saturated heterocycles. The first-order valence-electron chi connectivity index (χ1n) is 38.2. The highest BCUT2D eigenvalue weighted by Gasteiger charge is 2.18. The van der Waals surface area contributed by atoms with Crippen LogP contribution in [0.1, 0.15) is 99.9 Å². The van der Waals surface area contributed by atoms with E-state index in [-0.39, 0.29) is 0 Å². The molecule has 0 aliphatic carbocycles. The predicted octanol–water partition coefficient (Wildman–Crippen LogP) is 26.9. The summed E-state index contributed by atoms with van der Waals surface area (Å²) >= 11 is 0. The van der Waals surface area contributed by atoms with Crippen LogP contribution in [0.2, 0.25) is 0 Å². The van der Waals surface area contributed by atoms with Crippen LogP contribution in [0.3, 0.4) is 0 Å². The lowest BCUT2D eigenvalue weighted by atomic mass is 9.89. The monoisotopic (exact) mass is 1380 g/mol. The molecular formula is C100H96N6. The van der Waals surface area contributed by atoms with E-state index in [4.69, 9.17) is 0 Å². The minimum atomic E-state index is 0.994. The average Bonchev–Trinajstić information content (AvgIpc) is 0.736. The third-order valence-corrected chi connectivity index (χ3v) is 21.0. The standard InChI is InChI=1S/C100H96N6/c1-9-101(10-2)89-49-25-73(26-50-89)17-21-77-33-57-93(58-34-77)105(94-59-35-78(36-60-94)22-18-74-27-51-90(52-28-74)102(11-3)12-4)97-65-45-81(46-66-97)87-69-83-41-43-85-71-88(72-86-44-42-84(70-87)99(83)100(85)86)82-47-67-98(68-48-82)106(95-61-37-79(38-62-95)23-19-75-29-53-91(54-30-75)103(13-5)14-6)96-63-39-80(40-64-96)24-20-76-31-55-92(56-32-76)104(15-7)16-8/h17-72H,9-16H2,1-8H3. The number of hydrogen-bond acceptors (Lipinski definition) is 6. The molecule has 6 nitrogen and oxygen atoms in total. The lowest BCUT2D eigenvalue weighted by Crippen LogP contribution is -2.21. The molecule has 0 bridgehead atoms. The molecule has 0 spiro atoms. The third kappa shape index (κ3) is 16.0. The van der Waals surface area contributed by atoms with Gasteiger partial charge in [-0.1, -0.05) is 194 Å². The van der Waals surface area contributed by atoms with E-state index in [1.165, 1.54) is 99.6 Å². The van der Waals surface area contributed by atoms with Crippen molar-refractivity contribution in [3.05, 3.63) is 336 Å². The maximum atomic E-state index is 2.38. The van der Waals surface area contributed by atoms with Crippen LogP contribution in [0.25, 0.3) is 103 Å². The molecule has 106 heavy (non-hydrogen) atoms. The van der Waals surface area contributed by atoms with Crippen LogP contribution in [0, 0.1) is 0 Å². The second-order valence-corrected chi connectivity index (χ2v) is 27.2. The quantitative estimate of drug-likeness (QED) is 0.0357. The van der Waals surface area contributed by atoms with Gasteiger partial charge in [-0.3, -0.25) is 0 Å². The number of anilines is 10. The molecule has 0 aromatic heterocycles. The van der Waals surface area contributed by atoms with E-state index in [9.17, 15) is 0 Å². The second-order valence-electron chi connectivity index (χ2n) is 27.2. The Balaban J connectivity index is 0.721. The molecule has 6 heteroatoms. The number of rotatable bonds is 28. The highest BCUT2D eigenvalue weighted by Crippen LogP contribution is 2.43. The maximum Gasteiger partial charge on any atom is 0.0462 e. The largest absolute Gasteiger partial charge is 0.372 e. The molecule has 14 aromatic carbocycles. The smallest absolute Gasteiger partial charge is 0.0462 e. The Kier molecular flexibility index (Phi) is 22.1. The fourth-order valence-electron chi connectivity index (χ4n) is 14.9. The van der Waals surface area contributed by atoms with Gasteiger partial charge in [0.05, 0.1) is 0 Å². The van der Waals surface area contributed by atoms with Crippen LogP contribution in [-0.4, -0.2) is 52.4 Å². The first kappa shape index (κ1) is 70.9. The molecule has 0 amide bonds. The van der Waals surface area contributed by atoms with Crippen molar-refractivity contribution in [3.63, 3.8) is 0 Å². The van der Waals surface area contributed by atoms with Gasteiger partial charge in [0.2, 0.25) is 0 Å². The zero-order valence-corrected chi connectivity index (χ0v) is 62.7. The van der Waals surface area contributed by atoms with Crippen molar-refractivity contribution in [1.29, 1.82) is 0 Å². The fraction of sp³-hybridized carbons (Fsp3) is 0.160. The number of hydrogen-bond donors (Lipinski definition) is 0. The summed E-state index contributed by atoms with van der Waals surface area (Å²) in [5.74, 6) is 0. The molecule has 0 aliphatic rings. The zero-order chi connectivity index (χ0) is 72.9. The minimum absolute atomic E-state index is 0.994. The fourth-order valence-corrected chi connectivity index (χ4v) is 14.9. The van der Waals surface area contributed by atoms with E-state index < -0.39 is 0 Å². The van der Waals surface area contributed by atoms with Gasteiger partial charge in [-0.2, -0.15) is 0 Å². The highest BCUT2D eigenvalue weighted by molar-refractivity contribution is 6.24. The summed E-state index contributed by atoms with van der Waals surface area (Å²) in [6.07, 6.45) is 17.6. The second kappa shape index (κ2) is 33.1. The van der Waals surface area contributed by atoms with Crippen molar-refractivity contribution in [3.8, 4) is 22.3 Å². The Hall–Kier alpha value is -12.1. The van der Waals surface area contributed by atoms with Crippen LogP contribution in [0.5, 0.6) is 0 Å². The summed E-state index contributed by atoms with van der Waals surface area (Å²) in [5, 5.41) is 7.54. The van der Waals surface area contributed by atoms with Gasteiger partial charge in [0.15, 0.2) is 0 Å². The summed E-state index contributed by atoms with van der Waals surface area (Å²) in [4.78, 5) is 14.2. The van der Waals surface area contributed by atoms with Crippen molar-refractivity contribution in [2.45, 2.75) is 55.4 Å². The molecular weight excluding hydrogens is 1290 g/mol. The van der Waals surface area contributed by atoms with Crippen molar-refractivity contribution < 1.29 is 0 Å². The third-order valence-electron chi connectivity index (χ3n) is 21.0. The lowest BCUT2D eigenvalue weighted by molar-refractivity contribution is 0.866. The molecule has 0 unspecified atom stereocenters. The molecule has 0 fully saturated rings. The van der Waals surface area contributed by atoms with Crippen LogP contribution in [0.15, 0.2) is 291 Å². The minimum Gasteiger partial charge on any atom is -0.372 e. The highest BCUT2D eigenvalue weighted by atomic mass is 15.2. The van der Waals surface area contributed by atoms with E-state index in [1.54, 1.807) is 0 Å². The summed E-state index contributed by atoms with van der Waals surface area (Å²) in [5.41, 5.74) is 25.6. The molecule has 0 atom stereocenters. The molecule has 0 N–H and O–H groups in total. The SMILES string of the molecule is CCN(CC)c1ccc(C=Cc2ccc(N(c3ccc(C=Cc4ccc(N(CC)CC)cc4)cc3)c3ccc(-c4cc5ccc6cc(-c7ccc(N(c8ccc(C=Cc9ccc(N(CC)CC)cc9)cc8)c8ccc(C=Cc9ccc(N(CC)CC)cc9)cc8)cc7)cc7ccc(c4)c5c67)cc3)cc2)cc1. The Morgan fingerprint density at radius 3 is 0.481 bits per heavy atom. The van der Waals surface area contributed by atoms with E-state index in [2.05, 4.69) is 425 Å². The molecule has 14 aromatic rings.